The average molecular weight is 324 g/mol. The molecule has 126 valence electrons. The summed E-state index contributed by atoms with van der Waals surface area (Å²) in [5.74, 6) is 0.664. The Bertz CT molecular complexity index is 749. The van der Waals surface area contributed by atoms with Gasteiger partial charge in [-0.2, -0.15) is 0 Å². The maximum absolute atomic E-state index is 13.1. The second-order valence-corrected chi connectivity index (χ2v) is 6.57. The molecule has 0 aromatic heterocycles. The first-order valence-electron chi connectivity index (χ1n) is 8.37. The minimum atomic E-state index is -0.444. The second-order valence-electron chi connectivity index (χ2n) is 6.57. The van der Waals surface area contributed by atoms with Gasteiger partial charge < -0.3 is 15.8 Å². The van der Waals surface area contributed by atoms with Gasteiger partial charge in [-0.25, -0.2) is 0 Å². The van der Waals surface area contributed by atoms with Crippen LogP contribution >= 0.6 is 0 Å². The van der Waals surface area contributed by atoms with Crippen molar-refractivity contribution < 1.29 is 9.53 Å². The molecule has 24 heavy (non-hydrogen) atoms. The molecule has 0 bridgehead atoms. The number of hydrogen-bond donors (Lipinski definition) is 2. The van der Waals surface area contributed by atoms with Crippen molar-refractivity contribution in [3.8, 4) is 5.75 Å². The quantitative estimate of drug-likeness (QED) is 0.834. The van der Waals surface area contributed by atoms with Crippen molar-refractivity contribution in [2.45, 2.75) is 38.0 Å². The number of benzene rings is 2. The van der Waals surface area contributed by atoms with Crippen molar-refractivity contribution in [2.24, 2.45) is 0 Å². The summed E-state index contributed by atoms with van der Waals surface area (Å²) in [6, 6.07) is 13.6. The zero-order valence-corrected chi connectivity index (χ0v) is 14.3. The summed E-state index contributed by atoms with van der Waals surface area (Å²) in [7, 11) is 1.58. The fourth-order valence-corrected chi connectivity index (χ4v) is 3.63. The third-order valence-electron chi connectivity index (χ3n) is 4.95. The largest absolute Gasteiger partial charge is 0.495 e. The second kappa shape index (κ2) is 6.56. The number of hydrogen-bond acceptors (Lipinski definition) is 3. The van der Waals surface area contributed by atoms with Crippen LogP contribution in [0.4, 0.5) is 11.4 Å². The molecule has 1 amide bonds. The number of aryl methyl sites for hydroxylation is 1. The van der Waals surface area contributed by atoms with E-state index >= 15 is 0 Å². The van der Waals surface area contributed by atoms with E-state index < -0.39 is 5.41 Å². The van der Waals surface area contributed by atoms with Gasteiger partial charge in [0.1, 0.15) is 5.75 Å². The van der Waals surface area contributed by atoms with Crippen molar-refractivity contribution in [3.63, 3.8) is 0 Å². The van der Waals surface area contributed by atoms with E-state index in [-0.39, 0.29) is 5.91 Å². The summed E-state index contributed by atoms with van der Waals surface area (Å²) < 4.78 is 5.17. The molecule has 0 unspecified atom stereocenters. The van der Waals surface area contributed by atoms with Crippen molar-refractivity contribution in [1.29, 1.82) is 0 Å². The topological polar surface area (TPSA) is 64.3 Å². The molecule has 4 heteroatoms. The summed E-state index contributed by atoms with van der Waals surface area (Å²) in [5, 5.41) is 3.06. The van der Waals surface area contributed by atoms with Crippen LogP contribution in [0, 0.1) is 6.92 Å². The highest BCUT2D eigenvalue weighted by molar-refractivity contribution is 5.99. The molecule has 1 saturated carbocycles. The van der Waals surface area contributed by atoms with Gasteiger partial charge in [0, 0.05) is 5.69 Å². The third-order valence-corrected chi connectivity index (χ3v) is 4.95. The lowest BCUT2D eigenvalue weighted by Gasteiger charge is -2.28. The molecule has 4 nitrogen and oxygen atoms in total. The van der Waals surface area contributed by atoms with Crippen LogP contribution in [0.3, 0.4) is 0 Å². The number of rotatable bonds is 4. The molecule has 0 saturated heterocycles. The van der Waals surface area contributed by atoms with Gasteiger partial charge in [-0.1, -0.05) is 42.7 Å². The molecular weight excluding hydrogens is 300 g/mol. The first kappa shape index (κ1) is 16.4. The number of anilines is 2. The molecule has 2 aromatic carbocycles. The Morgan fingerprint density at radius 1 is 1.17 bits per heavy atom. The number of nitrogens with two attached hydrogens (primary N) is 1. The smallest absolute Gasteiger partial charge is 0.235 e. The first-order valence-corrected chi connectivity index (χ1v) is 8.37. The SMILES string of the molecule is COc1ccc(NC(=O)C2(c3cccc(C)c3)CCCC2)cc1N. The summed E-state index contributed by atoms with van der Waals surface area (Å²) in [4.78, 5) is 13.1. The Morgan fingerprint density at radius 2 is 1.92 bits per heavy atom. The maximum atomic E-state index is 13.1. The van der Waals surface area contributed by atoms with Crippen molar-refractivity contribution in [2.75, 3.05) is 18.2 Å². The van der Waals surface area contributed by atoms with Gasteiger partial charge in [-0.3, -0.25) is 4.79 Å². The van der Waals surface area contributed by atoms with E-state index in [1.807, 2.05) is 12.1 Å². The van der Waals surface area contributed by atoms with Crippen LogP contribution in [0.1, 0.15) is 36.8 Å². The Labute approximate surface area is 143 Å². The number of carbonyl (C=O) groups is 1. The third kappa shape index (κ3) is 2.96. The Balaban J connectivity index is 1.89. The number of carbonyl (C=O) groups excluding carboxylic acids is 1. The Hall–Kier alpha value is -2.49. The highest BCUT2D eigenvalue weighted by Gasteiger charge is 2.42. The van der Waals surface area contributed by atoms with Crippen LogP contribution < -0.4 is 15.8 Å². The minimum absolute atomic E-state index is 0.0511. The van der Waals surface area contributed by atoms with Gasteiger partial charge in [0.05, 0.1) is 18.2 Å². The van der Waals surface area contributed by atoms with Crippen LogP contribution in [0.25, 0.3) is 0 Å². The Morgan fingerprint density at radius 3 is 2.54 bits per heavy atom. The van der Waals surface area contributed by atoms with Gasteiger partial charge >= 0.3 is 0 Å². The molecule has 1 aliphatic rings. The van der Waals surface area contributed by atoms with E-state index in [2.05, 4.69) is 30.4 Å². The molecule has 3 N–H and O–H groups in total. The van der Waals surface area contributed by atoms with Crippen LogP contribution in [0.5, 0.6) is 5.75 Å². The first-order chi connectivity index (χ1) is 11.5. The fraction of sp³-hybridized carbons (Fsp3) is 0.350. The number of ether oxygens (including phenoxy) is 1. The lowest BCUT2D eigenvalue weighted by Crippen LogP contribution is -2.38. The number of nitrogen functional groups attached to an aromatic ring is 1. The average Bonchev–Trinajstić information content (AvgIpc) is 3.06. The maximum Gasteiger partial charge on any atom is 0.235 e. The number of amides is 1. The summed E-state index contributed by atoms with van der Waals surface area (Å²) in [5.41, 5.74) is 9.02. The van der Waals surface area contributed by atoms with E-state index in [0.29, 0.717) is 17.1 Å². The summed E-state index contributed by atoms with van der Waals surface area (Å²) in [6.07, 6.45) is 3.92. The highest BCUT2D eigenvalue weighted by Crippen LogP contribution is 2.42. The lowest BCUT2D eigenvalue weighted by molar-refractivity contribution is -0.121. The van der Waals surface area contributed by atoms with E-state index in [0.717, 1.165) is 31.2 Å². The monoisotopic (exact) mass is 324 g/mol. The van der Waals surface area contributed by atoms with Crippen LogP contribution in [-0.2, 0) is 10.2 Å². The minimum Gasteiger partial charge on any atom is -0.495 e. The molecule has 0 aliphatic heterocycles. The van der Waals surface area contributed by atoms with Gasteiger partial charge in [-0.15, -0.1) is 0 Å². The summed E-state index contributed by atoms with van der Waals surface area (Å²) >= 11 is 0. The Kier molecular flexibility index (Phi) is 4.47. The zero-order chi connectivity index (χ0) is 17.2. The molecule has 1 fully saturated rings. The molecule has 2 aromatic rings. The number of nitrogens with one attached hydrogen (secondary N) is 1. The van der Waals surface area contributed by atoms with E-state index in [1.54, 1.807) is 19.2 Å². The fourth-order valence-electron chi connectivity index (χ4n) is 3.63. The highest BCUT2D eigenvalue weighted by atomic mass is 16.5. The van der Waals surface area contributed by atoms with Gasteiger partial charge in [-0.05, 0) is 43.5 Å². The van der Waals surface area contributed by atoms with Crippen LogP contribution in [0.15, 0.2) is 42.5 Å². The van der Waals surface area contributed by atoms with Gasteiger partial charge in [0.15, 0.2) is 0 Å². The van der Waals surface area contributed by atoms with Crippen molar-refractivity contribution >= 4 is 17.3 Å². The van der Waals surface area contributed by atoms with Crippen molar-refractivity contribution in [1.82, 2.24) is 0 Å². The normalized spacial score (nSPS) is 15.9. The molecule has 0 radical (unpaired) electrons. The van der Waals surface area contributed by atoms with E-state index in [4.69, 9.17) is 10.5 Å². The van der Waals surface area contributed by atoms with E-state index in [9.17, 15) is 4.79 Å². The van der Waals surface area contributed by atoms with Gasteiger partial charge in [0.2, 0.25) is 5.91 Å². The molecule has 1 aliphatic carbocycles. The molecular formula is C20H24N2O2. The van der Waals surface area contributed by atoms with Gasteiger partial charge in [0.25, 0.3) is 0 Å². The predicted octanol–water partition coefficient (Wildman–Crippen LogP) is 4.04. The van der Waals surface area contributed by atoms with Crippen LogP contribution in [0.2, 0.25) is 0 Å². The standard InChI is InChI=1S/C20H24N2O2/c1-14-6-5-7-15(12-14)20(10-3-4-11-20)19(23)22-16-8-9-18(24-2)17(21)13-16/h5-9,12-13H,3-4,10-11,21H2,1-2H3,(H,22,23). The number of methoxy groups -OCH3 is 1. The summed E-state index contributed by atoms with van der Waals surface area (Å²) in [6.45, 7) is 2.06. The predicted molar refractivity (Wildman–Crippen MR) is 97.4 cm³/mol. The lowest BCUT2D eigenvalue weighted by atomic mass is 9.77. The van der Waals surface area contributed by atoms with E-state index in [1.165, 1.54) is 5.56 Å². The molecule has 0 spiro atoms. The molecule has 0 heterocycles. The van der Waals surface area contributed by atoms with Crippen molar-refractivity contribution in [3.05, 3.63) is 53.6 Å². The molecule has 0 atom stereocenters. The van der Waals surface area contributed by atoms with Crippen LogP contribution in [-0.4, -0.2) is 13.0 Å². The zero-order valence-electron chi connectivity index (χ0n) is 14.3. The molecule has 3 rings (SSSR count).